The van der Waals surface area contributed by atoms with Crippen molar-refractivity contribution in [3.8, 4) is 11.5 Å². The summed E-state index contributed by atoms with van der Waals surface area (Å²) < 4.78 is 23.5. The molecule has 0 aliphatic rings. The summed E-state index contributed by atoms with van der Waals surface area (Å²) in [6.07, 6.45) is 12.2. The highest BCUT2D eigenvalue weighted by atomic mass is 16.6. The lowest BCUT2D eigenvalue weighted by molar-refractivity contribution is -0.386. The summed E-state index contributed by atoms with van der Waals surface area (Å²) in [5.74, 6) is 0.655. The Morgan fingerprint density at radius 3 is 1.24 bits per heavy atom. The number of hydrogen-bond donors (Lipinski definition) is 0. The van der Waals surface area contributed by atoms with Crippen LogP contribution in [-0.2, 0) is 9.31 Å². The van der Waals surface area contributed by atoms with Crippen molar-refractivity contribution >= 4 is 24.0 Å². The third kappa shape index (κ3) is 14.1. The standard InChI is InChI=1S/C34H45BN2O8/c38-36(39)31-22-12-14-24-33(31)42-26-16-5-1-3-7-18-28-44-35(30-20-10-9-11-21-30)45-29-19-8-4-2-6-17-27-43-34-25-15-13-23-32(34)37(40)41/h9-15,20-25H,1-8,16-19,26-29H2. The third-order valence-corrected chi connectivity index (χ3v) is 7.33. The van der Waals surface area contributed by atoms with Gasteiger partial charge in [-0.15, -0.1) is 0 Å². The summed E-state index contributed by atoms with van der Waals surface area (Å²) in [5, 5.41) is 22.2. The van der Waals surface area contributed by atoms with Gasteiger partial charge < -0.3 is 18.8 Å². The van der Waals surface area contributed by atoms with Gasteiger partial charge in [0.1, 0.15) is 0 Å². The van der Waals surface area contributed by atoms with Gasteiger partial charge in [0.25, 0.3) is 0 Å². The Morgan fingerprint density at radius 2 is 0.822 bits per heavy atom. The molecule has 0 atom stereocenters. The van der Waals surface area contributed by atoms with Crippen molar-refractivity contribution in [2.45, 2.75) is 77.0 Å². The molecule has 0 bridgehead atoms. The number of rotatable bonds is 25. The summed E-state index contributed by atoms with van der Waals surface area (Å²) in [6, 6.07) is 23.0. The van der Waals surface area contributed by atoms with Crippen molar-refractivity contribution in [2.24, 2.45) is 0 Å². The van der Waals surface area contributed by atoms with Crippen molar-refractivity contribution in [3.63, 3.8) is 0 Å². The lowest BCUT2D eigenvalue weighted by Gasteiger charge is -2.15. The highest BCUT2D eigenvalue weighted by molar-refractivity contribution is 6.61. The Morgan fingerprint density at radius 1 is 0.467 bits per heavy atom. The van der Waals surface area contributed by atoms with E-state index in [4.69, 9.17) is 18.8 Å². The van der Waals surface area contributed by atoms with Gasteiger partial charge in [0, 0.05) is 25.3 Å². The quantitative estimate of drug-likeness (QED) is 0.0403. The Hall–Kier alpha value is -3.96. The average molecular weight is 621 g/mol. The van der Waals surface area contributed by atoms with E-state index in [9.17, 15) is 20.2 Å². The molecule has 0 heterocycles. The molecule has 0 aliphatic carbocycles. The molecule has 0 spiro atoms. The molecule has 0 saturated heterocycles. The predicted molar refractivity (Wildman–Crippen MR) is 176 cm³/mol. The molecule has 0 fully saturated rings. The van der Waals surface area contributed by atoms with Crippen LogP contribution in [0.3, 0.4) is 0 Å². The summed E-state index contributed by atoms with van der Waals surface area (Å²) in [6.45, 7) is 2.22. The molecule has 0 N–H and O–H groups in total. The fourth-order valence-corrected chi connectivity index (χ4v) is 4.88. The average Bonchev–Trinajstić information content (AvgIpc) is 3.06. The van der Waals surface area contributed by atoms with Gasteiger partial charge in [-0.2, -0.15) is 0 Å². The molecule has 3 aromatic rings. The predicted octanol–water partition coefficient (Wildman–Crippen LogP) is 8.07. The van der Waals surface area contributed by atoms with E-state index in [-0.39, 0.29) is 18.5 Å². The van der Waals surface area contributed by atoms with Crippen LogP contribution in [0.25, 0.3) is 0 Å². The van der Waals surface area contributed by atoms with Crippen molar-refractivity contribution in [1.29, 1.82) is 0 Å². The van der Waals surface area contributed by atoms with Gasteiger partial charge in [-0.05, 0) is 43.3 Å². The number of nitrogens with zero attached hydrogens (tertiary/aromatic N) is 2. The molecule has 0 saturated carbocycles. The van der Waals surface area contributed by atoms with E-state index in [0.29, 0.717) is 37.9 Å². The number of unbranched alkanes of at least 4 members (excludes halogenated alkanes) is 10. The molecule has 0 unspecified atom stereocenters. The van der Waals surface area contributed by atoms with Gasteiger partial charge in [0.15, 0.2) is 11.5 Å². The minimum atomic E-state index is -0.417. The SMILES string of the molecule is O=[N+]([O-])c1ccccc1OCCCCCCCCOB(OCCCCCCCCOc1ccccc1[N+](=O)[O-])c1ccccc1. The van der Waals surface area contributed by atoms with Crippen LogP contribution in [0.2, 0.25) is 0 Å². The van der Waals surface area contributed by atoms with Crippen LogP contribution in [0.1, 0.15) is 77.0 Å². The van der Waals surface area contributed by atoms with Crippen LogP contribution in [-0.4, -0.2) is 43.4 Å². The molecular formula is C34H45BN2O8. The molecule has 3 aromatic carbocycles. The fourth-order valence-electron chi connectivity index (χ4n) is 4.88. The third-order valence-electron chi connectivity index (χ3n) is 7.33. The van der Waals surface area contributed by atoms with Gasteiger partial charge in [-0.1, -0.05) is 106 Å². The number of hydrogen-bond acceptors (Lipinski definition) is 8. The minimum Gasteiger partial charge on any atom is -0.487 e. The van der Waals surface area contributed by atoms with Crippen LogP contribution in [0.15, 0.2) is 78.9 Å². The minimum absolute atomic E-state index is 0.00571. The highest BCUT2D eigenvalue weighted by Gasteiger charge is 2.20. The maximum absolute atomic E-state index is 11.1. The Bertz CT molecular complexity index is 1190. The Kier molecular flexibility index (Phi) is 17.1. The van der Waals surface area contributed by atoms with Gasteiger partial charge in [-0.25, -0.2) is 0 Å². The lowest BCUT2D eigenvalue weighted by Crippen LogP contribution is -2.37. The maximum Gasteiger partial charge on any atom is 0.493 e. The second kappa shape index (κ2) is 21.7. The Balaban J connectivity index is 1.20. The first-order valence-corrected chi connectivity index (χ1v) is 16.1. The number of para-hydroxylation sites is 4. The lowest BCUT2D eigenvalue weighted by atomic mass is 9.79. The number of benzene rings is 3. The van der Waals surface area contributed by atoms with Gasteiger partial charge >= 0.3 is 18.5 Å². The van der Waals surface area contributed by atoms with Crippen LogP contribution < -0.4 is 14.9 Å². The largest absolute Gasteiger partial charge is 0.493 e. The highest BCUT2D eigenvalue weighted by Crippen LogP contribution is 2.27. The number of ether oxygens (including phenoxy) is 2. The van der Waals surface area contributed by atoms with Crippen molar-refractivity contribution < 1.29 is 28.6 Å². The van der Waals surface area contributed by atoms with E-state index >= 15 is 0 Å². The molecule has 242 valence electrons. The van der Waals surface area contributed by atoms with E-state index in [0.717, 1.165) is 82.5 Å². The zero-order valence-corrected chi connectivity index (χ0v) is 26.1. The van der Waals surface area contributed by atoms with E-state index in [1.54, 1.807) is 36.4 Å². The topological polar surface area (TPSA) is 123 Å². The second-order valence-electron chi connectivity index (χ2n) is 10.9. The van der Waals surface area contributed by atoms with Gasteiger partial charge in [0.05, 0.1) is 23.1 Å². The summed E-state index contributed by atoms with van der Waals surface area (Å²) in [4.78, 5) is 21.3. The summed E-state index contributed by atoms with van der Waals surface area (Å²) >= 11 is 0. The van der Waals surface area contributed by atoms with Crippen LogP contribution >= 0.6 is 0 Å². The van der Waals surface area contributed by atoms with E-state index < -0.39 is 9.85 Å². The first-order chi connectivity index (χ1) is 22.1. The Labute approximate surface area is 266 Å². The monoisotopic (exact) mass is 620 g/mol. The van der Waals surface area contributed by atoms with E-state index in [1.807, 2.05) is 30.3 Å². The van der Waals surface area contributed by atoms with Crippen LogP contribution in [0.4, 0.5) is 11.4 Å². The van der Waals surface area contributed by atoms with Crippen molar-refractivity contribution in [2.75, 3.05) is 26.4 Å². The van der Waals surface area contributed by atoms with Crippen molar-refractivity contribution in [1.82, 2.24) is 0 Å². The second-order valence-corrected chi connectivity index (χ2v) is 10.9. The van der Waals surface area contributed by atoms with E-state index in [1.165, 1.54) is 12.1 Å². The number of nitro benzene ring substituents is 2. The van der Waals surface area contributed by atoms with Crippen LogP contribution in [0.5, 0.6) is 11.5 Å². The van der Waals surface area contributed by atoms with Gasteiger partial charge in [-0.3, -0.25) is 20.2 Å². The molecule has 0 aliphatic heterocycles. The van der Waals surface area contributed by atoms with Crippen molar-refractivity contribution in [3.05, 3.63) is 99.1 Å². The summed E-state index contributed by atoms with van der Waals surface area (Å²) in [7, 11) is -0.371. The normalized spacial score (nSPS) is 10.8. The zero-order valence-electron chi connectivity index (χ0n) is 26.1. The molecule has 10 nitrogen and oxygen atoms in total. The molecule has 0 radical (unpaired) electrons. The molecular weight excluding hydrogens is 575 g/mol. The van der Waals surface area contributed by atoms with E-state index in [2.05, 4.69) is 0 Å². The first kappa shape index (κ1) is 35.5. The molecule has 45 heavy (non-hydrogen) atoms. The zero-order chi connectivity index (χ0) is 32.0. The molecule has 3 rings (SSSR count). The number of nitro groups is 2. The van der Waals surface area contributed by atoms with Crippen LogP contribution in [0, 0.1) is 20.2 Å². The molecule has 11 heteroatoms. The smallest absolute Gasteiger partial charge is 0.487 e. The summed E-state index contributed by atoms with van der Waals surface area (Å²) in [5.41, 5.74) is 1.03. The molecule has 0 amide bonds. The van der Waals surface area contributed by atoms with Gasteiger partial charge in [0.2, 0.25) is 0 Å². The fraction of sp³-hybridized carbons (Fsp3) is 0.471. The first-order valence-electron chi connectivity index (χ1n) is 16.1. The maximum atomic E-state index is 11.1. The molecule has 0 aromatic heterocycles.